The van der Waals surface area contributed by atoms with E-state index in [1.54, 1.807) is 7.11 Å². The molecule has 0 radical (unpaired) electrons. The Morgan fingerprint density at radius 1 is 1.24 bits per heavy atom. The first kappa shape index (κ1) is 14.0. The van der Waals surface area contributed by atoms with Crippen molar-refractivity contribution in [3.8, 4) is 5.75 Å². The van der Waals surface area contributed by atoms with E-state index in [0.717, 1.165) is 16.9 Å². The number of benzene rings is 1. The molecule has 3 heteroatoms. The van der Waals surface area contributed by atoms with Crippen molar-refractivity contribution >= 4 is 0 Å². The van der Waals surface area contributed by atoms with Crippen LogP contribution in [0.4, 0.5) is 0 Å². The summed E-state index contributed by atoms with van der Waals surface area (Å²) in [6.45, 7) is 8.12. The van der Waals surface area contributed by atoms with E-state index in [1.807, 2.05) is 32.0 Å². The van der Waals surface area contributed by atoms with Gasteiger partial charge in [-0.25, -0.2) is 0 Å². The highest BCUT2D eigenvalue weighted by Crippen LogP contribution is 2.28. The monoisotopic (exact) mass is 237 g/mol. The van der Waals surface area contributed by atoms with Crippen molar-refractivity contribution in [1.82, 2.24) is 5.32 Å². The first-order chi connectivity index (χ1) is 7.95. The molecule has 0 saturated heterocycles. The number of ether oxygens (including phenoxy) is 1. The molecule has 0 aliphatic heterocycles. The van der Waals surface area contributed by atoms with Gasteiger partial charge in [-0.15, -0.1) is 0 Å². The Labute approximate surface area is 104 Å². The fourth-order valence-corrected chi connectivity index (χ4v) is 1.97. The van der Waals surface area contributed by atoms with Crippen molar-refractivity contribution in [2.45, 2.75) is 45.9 Å². The number of hydrogen-bond acceptors (Lipinski definition) is 3. The van der Waals surface area contributed by atoms with Crippen LogP contribution in [0.5, 0.6) is 5.75 Å². The second-order valence-electron chi connectivity index (χ2n) is 4.80. The molecule has 2 unspecified atom stereocenters. The van der Waals surface area contributed by atoms with Gasteiger partial charge in [-0.05, 0) is 26.0 Å². The average Bonchev–Trinajstić information content (AvgIpc) is 2.27. The van der Waals surface area contributed by atoms with E-state index in [1.165, 1.54) is 0 Å². The van der Waals surface area contributed by atoms with Crippen molar-refractivity contribution in [2.24, 2.45) is 0 Å². The normalized spacial score (nSPS) is 14.8. The second-order valence-corrected chi connectivity index (χ2v) is 4.80. The van der Waals surface area contributed by atoms with Crippen molar-refractivity contribution in [3.05, 3.63) is 29.3 Å². The van der Waals surface area contributed by atoms with Crippen molar-refractivity contribution in [3.63, 3.8) is 0 Å². The van der Waals surface area contributed by atoms with Crippen molar-refractivity contribution in [2.75, 3.05) is 7.11 Å². The number of rotatable bonds is 5. The Morgan fingerprint density at radius 3 is 2.41 bits per heavy atom. The summed E-state index contributed by atoms with van der Waals surface area (Å²) < 4.78 is 5.29. The highest BCUT2D eigenvalue weighted by molar-refractivity contribution is 5.39. The SMILES string of the molecule is COc1ccc(C)cc1C(O)C(C)NC(C)C. The van der Waals surface area contributed by atoms with E-state index in [-0.39, 0.29) is 6.04 Å². The summed E-state index contributed by atoms with van der Waals surface area (Å²) in [6, 6.07) is 6.19. The number of methoxy groups -OCH3 is 1. The van der Waals surface area contributed by atoms with Gasteiger partial charge in [0.1, 0.15) is 5.75 Å². The van der Waals surface area contributed by atoms with Gasteiger partial charge in [0.15, 0.2) is 0 Å². The largest absolute Gasteiger partial charge is 0.496 e. The summed E-state index contributed by atoms with van der Waals surface area (Å²) in [5, 5.41) is 13.6. The molecule has 0 bridgehead atoms. The van der Waals surface area contributed by atoms with Gasteiger partial charge in [0, 0.05) is 17.6 Å². The molecule has 2 atom stereocenters. The number of hydrogen-bond donors (Lipinski definition) is 2. The fourth-order valence-electron chi connectivity index (χ4n) is 1.97. The van der Waals surface area contributed by atoms with Gasteiger partial charge in [0.2, 0.25) is 0 Å². The summed E-state index contributed by atoms with van der Waals surface area (Å²) in [4.78, 5) is 0. The summed E-state index contributed by atoms with van der Waals surface area (Å²) in [5.41, 5.74) is 1.96. The third-order valence-corrected chi connectivity index (χ3v) is 2.77. The van der Waals surface area contributed by atoms with E-state index in [4.69, 9.17) is 4.74 Å². The van der Waals surface area contributed by atoms with Gasteiger partial charge in [0.05, 0.1) is 13.2 Å². The van der Waals surface area contributed by atoms with Crippen LogP contribution in [-0.2, 0) is 0 Å². The summed E-state index contributed by atoms with van der Waals surface area (Å²) in [5.74, 6) is 0.737. The lowest BCUT2D eigenvalue weighted by Gasteiger charge is -2.24. The minimum Gasteiger partial charge on any atom is -0.496 e. The van der Waals surface area contributed by atoms with Crippen LogP contribution in [0.3, 0.4) is 0 Å². The lowest BCUT2D eigenvalue weighted by atomic mass is 10.00. The summed E-state index contributed by atoms with van der Waals surface area (Å²) >= 11 is 0. The maximum Gasteiger partial charge on any atom is 0.124 e. The molecule has 2 N–H and O–H groups in total. The van der Waals surface area contributed by atoms with Gasteiger partial charge in [-0.3, -0.25) is 0 Å². The summed E-state index contributed by atoms with van der Waals surface area (Å²) in [6.07, 6.45) is -0.563. The molecule has 0 aliphatic carbocycles. The van der Waals surface area contributed by atoms with Crippen molar-refractivity contribution in [1.29, 1.82) is 0 Å². The molecule has 0 fully saturated rings. The van der Waals surface area contributed by atoms with Crippen LogP contribution < -0.4 is 10.1 Å². The molecule has 0 amide bonds. The Kier molecular flexibility index (Phi) is 4.97. The quantitative estimate of drug-likeness (QED) is 0.826. The molecule has 0 saturated carbocycles. The molecule has 96 valence electrons. The molecule has 1 aromatic rings. The smallest absolute Gasteiger partial charge is 0.124 e. The topological polar surface area (TPSA) is 41.5 Å². The molecule has 0 aliphatic rings. The highest BCUT2D eigenvalue weighted by Gasteiger charge is 2.20. The minimum absolute atomic E-state index is 0.00861. The highest BCUT2D eigenvalue weighted by atomic mass is 16.5. The predicted octanol–water partition coefficient (Wildman–Crippen LogP) is 2.42. The lowest BCUT2D eigenvalue weighted by Crippen LogP contribution is -2.37. The maximum absolute atomic E-state index is 10.3. The zero-order valence-electron chi connectivity index (χ0n) is 11.3. The molecule has 0 heterocycles. The van der Waals surface area contributed by atoms with Gasteiger partial charge >= 0.3 is 0 Å². The molecule has 1 rings (SSSR count). The number of aryl methyl sites for hydroxylation is 1. The molecule has 17 heavy (non-hydrogen) atoms. The average molecular weight is 237 g/mol. The second kappa shape index (κ2) is 6.03. The molecule has 1 aromatic carbocycles. The summed E-state index contributed by atoms with van der Waals surface area (Å²) in [7, 11) is 1.63. The zero-order valence-corrected chi connectivity index (χ0v) is 11.3. The molecule has 0 spiro atoms. The molecular weight excluding hydrogens is 214 g/mol. The van der Waals surface area contributed by atoms with Crippen LogP contribution in [0.15, 0.2) is 18.2 Å². The standard InChI is InChI=1S/C14H23NO2/c1-9(2)15-11(4)14(16)12-8-10(3)6-7-13(12)17-5/h6-9,11,14-16H,1-5H3. The van der Waals surface area contributed by atoms with Crippen LogP contribution >= 0.6 is 0 Å². The Bertz CT molecular complexity index is 363. The maximum atomic E-state index is 10.3. The van der Waals surface area contributed by atoms with Crippen LogP contribution in [0.1, 0.15) is 38.0 Å². The first-order valence-electron chi connectivity index (χ1n) is 6.04. The van der Waals surface area contributed by atoms with Crippen LogP contribution in [0.25, 0.3) is 0 Å². The zero-order chi connectivity index (χ0) is 13.0. The van der Waals surface area contributed by atoms with E-state index >= 15 is 0 Å². The molecule has 0 aromatic heterocycles. The Hall–Kier alpha value is -1.06. The third-order valence-electron chi connectivity index (χ3n) is 2.77. The Balaban J connectivity index is 2.93. The third kappa shape index (κ3) is 3.72. The molecule has 3 nitrogen and oxygen atoms in total. The minimum atomic E-state index is -0.563. The van der Waals surface area contributed by atoms with Gasteiger partial charge in [-0.2, -0.15) is 0 Å². The number of aliphatic hydroxyl groups excluding tert-OH is 1. The Morgan fingerprint density at radius 2 is 1.88 bits per heavy atom. The first-order valence-corrected chi connectivity index (χ1v) is 6.04. The van der Waals surface area contributed by atoms with E-state index < -0.39 is 6.10 Å². The van der Waals surface area contributed by atoms with Crippen LogP contribution in [0.2, 0.25) is 0 Å². The predicted molar refractivity (Wildman–Crippen MR) is 70.4 cm³/mol. The van der Waals surface area contributed by atoms with E-state index in [0.29, 0.717) is 6.04 Å². The van der Waals surface area contributed by atoms with Gasteiger partial charge in [-0.1, -0.05) is 25.5 Å². The van der Waals surface area contributed by atoms with Gasteiger partial charge in [0.25, 0.3) is 0 Å². The molecular formula is C14H23NO2. The van der Waals surface area contributed by atoms with E-state index in [2.05, 4.69) is 19.2 Å². The van der Waals surface area contributed by atoms with Gasteiger partial charge < -0.3 is 15.2 Å². The van der Waals surface area contributed by atoms with Crippen LogP contribution in [-0.4, -0.2) is 24.3 Å². The number of nitrogens with one attached hydrogen (secondary N) is 1. The number of aliphatic hydroxyl groups is 1. The van der Waals surface area contributed by atoms with E-state index in [9.17, 15) is 5.11 Å². The van der Waals surface area contributed by atoms with Crippen LogP contribution in [0, 0.1) is 6.92 Å². The lowest BCUT2D eigenvalue weighted by molar-refractivity contribution is 0.128. The fraction of sp³-hybridized carbons (Fsp3) is 0.571. The van der Waals surface area contributed by atoms with Crippen molar-refractivity contribution < 1.29 is 9.84 Å².